The zero-order valence-corrected chi connectivity index (χ0v) is 9.12. The molecule has 0 spiro atoms. The molecule has 0 radical (unpaired) electrons. The van der Waals surface area contributed by atoms with Crippen molar-refractivity contribution in [2.24, 2.45) is 0 Å². The molecule has 0 unspecified atom stereocenters. The second kappa shape index (κ2) is 4.50. The maximum atomic E-state index is 12.5. The van der Waals surface area contributed by atoms with Crippen LogP contribution in [-0.4, -0.2) is 4.98 Å². The van der Waals surface area contributed by atoms with Crippen molar-refractivity contribution in [2.75, 3.05) is 5.73 Å². The molecule has 0 atom stereocenters. The van der Waals surface area contributed by atoms with Crippen molar-refractivity contribution in [3.8, 4) is 6.07 Å². The predicted molar refractivity (Wildman–Crippen MR) is 55.6 cm³/mol. The minimum atomic E-state index is -2.65. The molecule has 0 aliphatic heterocycles. The fraction of sp³-hybridized carbons (Fsp3) is 0.250. The number of hydrogen-bond donors (Lipinski definition) is 1. The van der Waals surface area contributed by atoms with Crippen molar-refractivity contribution in [3.05, 3.63) is 21.0 Å². The van der Waals surface area contributed by atoms with Crippen LogP contribution in [0, 0.1) is 15.0 Å². The Balaban J connectivity index is 3.31. The van der Waals surface area contributed by atoms with Gasteiger partial charge in [-0.2, -0.15) is 5.26 Å². The molecule has 0 saturated carbocycles. The fourth-order valence-corrected chi connectivity index (χ4v) is 1.48. The molecule has 14 heavy (non-hydrogen) atoms. The van der Waals surface area contributed by atoms with E-state index < -0.39 is 6.43 Å². The molecule has 6 heteroatoms. The number of nitriles is 1. The molecule has 1 aromatic heterocycles. The minimum absolute atomic E-state index is 0.121. The second-order valence-corrected chi connectivity index (χ2v) is 3.55. The largest absolute Gasteiger partial charge is 0.396 e. The van der Waals surface area contributed by atoms with Gasteiger partial charge in [-0.15, -0.1) is 0 Å². The standard InChI is InChI=1S/C8H6F2IN3/c9-7(10)5-3-14-8(11)6(13)4(5)1-2-12/h3,7H,1,13H2. The monoisotopic (exact) mass is 309 g/mol. The molecule has 0 bridgehead atoms. The highest BCUT2D eigenvalue weighted by molar-refractivity contribution is 14.1. The molecule has 1 rings (SSSR count). The SMILES string of the molecule is N#CCc1c(C(F)F)cnc(I)c1N. The Morgan fingerprint density at radius 2 is 2.29 bits per heavy atom. The molecule has 74 valence electrons. The van der Waals surface area contributed by atoms with Crippen LogP contribution in [0.3, 0.4) is 0 Å². The van der Waals surface area contributed by atoms with Crippen molar-refractivity contribution in [3.63, 3.8) is 0 Å². The molecule has 2 N–H and O–H groups in total. The van der Waals surface area contributed by atoms with Gasteiger partial charge in [0.25, 0.3) is 6.43 Å². The summed E-state index contributed by atoms with van der Waals surface area (Å²) in [4.78, 5) is 3.72. The molecule has 0 aromatic carbocycles. The third-order valence-corrected chi connectivity index (χ3v) is 2.56. The highest BCUT2D eigenvalue weighted by Crippen LogP contribution is 2.28. The maximum absolute atomic E-state index is 12.5. The summed E-state index contributed by atoms with van der Waals surface area (Å²) < 4.78 is 25.4. The predicted octanol–water partition coefficient (Wildman–Crippen LogP) is 2.27. The van der Waals surface area contributed by atoms with Crippen molar-refractivity contribution in [1.82, 2.24) is 4.98 Å². The zero-order valence-electron chi connectivity index (χ0n) is 6.97. The Bertz CT molecular complexity index is 387. The van der Waals surface area contributed by atoms with Crippen LogP contribution < -0.4 is 5.73 Å². The third kappa shape index (κ3) is 2.09. The number of rotatable bonds is 2. The molecule has 3 nitrogen and oxygen atoms in total. The lowest BCUT2D eigenvalue weighted by Gasteiger charge is -2.09. The second-order valence-electron chi connectivity index (χ2n) is 2.53. The van der Waals surface area contributed by atoms with E-state index in [0.717, 1.165) is 6.20 Å². The van der Waals surface area contributed by atoms with Crippen LogP contribution >= 0.6 is 22.6 Å². The zero-order chi connectivity index (χ0) is 10.7. The average molecular weight is 309 g/mol. The number of anilines is 1. The van der Waals surface area contributed by atoms with Crippen molar-refractivity contribution >= 4 is 28.3 Å². The van der Waals surface area contributed by atoms with Gasteiger partial charge >= 0.3 is 0 Å². The number of halogens is 3. The summed E-state index contributed by atoms with van der Waals surface area (Å²) >= 11 is 1.84. The lowest BCUT2D eigenvalue weighted by molar-refractivity contribution is 0.150. The van der Waals surface area contributed by atoms with Gasteiger partial charge in [0.2, 0.25) is 0 Å². The molecule has 0 fully saturated rings. The van der Waals surface area contributed by atoms with Gasteiger partial charge in [0.05, 0.1) is 18.2 Å². The molecule has 0 saturated heterocycles. The topological polar surface area (TPSA) is 62.7 Å². The van der Waals surface area contributed by atoms with Gasteiger partial charge < -0.3 is 5.73 Å². The van der Waals surface area contributed by atoms with Gasteiger partial charge in [-0.3, -0.25) is 0 Å². The van der Waals surface area contributed by atoms with Crippen LogP contribution in [0.2, 0.25) is 0 Å². The van der Waals surface area contributed by atoms with Gasteiger partial charge in [-0.05, 0) is 22.6 Å². The number of hydrogen-bond acceptors (Lipinski definition) is 3. The molecule has 1 heterocycles. The van der Waals surface area contributed by atoms with Gasteiger partial charge in [-0.25, -0.2) is 13.8 Å². The summed E-state index contributed by atoms with van der Waals surface area (Å²) in [6, 6.07) is 1.80. The van der Waals surface area contributed by atoms with Crippen LogP contribution in [0.1, 0.15) is 17.6 Å². The molecule has 0 aliphatic rings. The van der Waals surface area contributed by atoms with Crippen LogP contribution in [0.15, 0.2) is 6.20 Å². The summed E-state index contributed by atoms with van der Waals surface area (Å²) in [6.45, 7) is 0. The van der Waals surface area contributed by atoms with Crippen LogP contribution in [0.4, 0.5) is 14.5 Å². The van der Waals surface area contributed by atoms with Gasteiger partial charge in [-0.1, -0.05) is 0 Å². The van der Waals surface area contributed by atoms with Crippen molar-refractivity contribution in [2.45, 2.75) is 12.8 Å². The Labute approximate surface area is 93.1 Å². The number of aromatic nitrogens is 1. The van der Waals surface area contributed by atoms with Crippen molar-refractivity contribution < 1.29 is 8.78 Å². The number of alkyl halides is 2. The maximum Gasteiger partial charge on any atom is 0.265 e. The third-order valence-electron chi connectivity index (χ3n) is 1.70. The number of pyridine rings is 1. The van der Waals surface area contributed by atoms with E-state index in [-0.39, 0.29) is 23.2 Å². The lowest BCUT2D eigenvalue weighted by Crippen LogP contribution is -2.04. The Kier molecular flexibility index (Phi) is 3.57. The average Bonchev–Trinajstić information content (AvgIpc) is 2.13. The minimum Gasteiger partial charge on any atom is -0.396 e. The molecular weight excluding hydrogens is 303 g/mol. The van der Waals surface area contributed by atoms with E-state index in [1.54, 1.807) is 6.07 Å². The van der Waals surface area contributed by atoms with Crippen LogP contribution in [0.25, 0.3) is 0 Å². The first-order chi connectivity index (χ1) is 6.57. The van der Waals surface area contributed by atoms with E-state index >= 15 is 0 Å². The number of nitrogens with two attached hydrogens (primary N) is 1. The van der Waals surface area contributed by atoms with Gasteiger partial charge in [0, 0.05) is 17.3 Å². The quantitative estimate of drug-likeness (QED) is 0.673. The summed E-state index contributed by atoms with van der Waals surface area (Å²) in [5.41, 5.74) is 5.65. The Morgan fingerprint density at radius 3 is 2.79 bits per heavy atom. The fourth-order valence-electron chi connectivity index (χ4n) is 1.02. The highest BCUT2D eigenvalue weighted by Gasteiger charge is 2.17. The molecular formula is C8H6F2IN3. The van der Waals surface area contributed by atoms with E-state index in [2.05, 4.69) is 4.98 Å². The van der Waals surface area contributed by atoms with Crippen molar-refractivity contribution in [1.29, 1.82) is 5.26 Å². The van der Waals surface area contributed by atoms with E-state index in [9.17, 15) is 8.78 Å². The first kappa shape index (κ1) is 11.1. The highest BCUT2D eigenvalue weighted by atomic mass is 127. The lowest BCUT2D eigenvalue weighted by atomic mass is 10.1. The summed E-state index contributed by atoms with van der Waals surface area (Å²) in [5.74, 6) is 0. The number of nitrogens with zero attached hydrogens (tertiary/aromatic N) is 2. The number of nitrogen functional groups attached to an aromatic ring is 1. The van der Waals surface area contributed by atoms with E-state index in [1.807, 2.05) is 22.6 Å². The van der Waals surface area contributed by atoms with Gasteiger partial charge in [0.15, 0.2) is 0 Å². The summed E-state index contributed by atoms with van der Waals surface area (Å²) in [6.07, 6.45) is -1.70. The molecule has 0 amide bonds. The molecule has 0 aliphatic carbocycles. The van der Waals surface area contributed by atoms with E-state index in [0.29, 0.717) is 3.70 Å². The van der Waals surface area contributed by atoms with Gasteiger partial charge in [0.1, 0.15) is 3.70 Å². The van der Waals surface area contributed by atoms with E-state index in [1.165, 1.54) is 0 Å². The normalized spacial score (nSPS) is 10.2. The Hall–Kier alpha value is -0.970. The summed E-state index contributed by atoms with van der Waals surface area (Å²) in [7, 11) is 0. The Morgan fingerprint density at radius 1 is 1.64 bits per heavy atom. The van der Waals surface area contributed by atoms with E-state index in [4.69, 9.17) is 11.0 Å². The first-order valence-corrected chi connectivity index (χ1v) is 4.73. The van der Waals surface area contributed by atoms with Crippen LogP contribution in [0.5, 0.6) is 0 Å². The first-order valence-electron chi connectivity index (χ1n) is 3.65. The summed E-state index contributed by atoms with van der Waals surface area (Å²) in [5, 5.41) is 8.47. The smallest absolute Gasteiger partial charge is 0.265 e. The molecule has 1 aromatic rings. The van der Waals surface area contributed by atoms with Crippen LogP contribution in [-0.2, 0) is 6.42 Å².